The zero-order chi connectivity index (χ0) is 19.0. The molecule has 1 saturated heterocycles. The summed E-state index contributed by atoms with van der Waals surface area (Å²) in [7, 11) is 0. The fourth-order valence-electron chi connectivity index (χ4n) is 2.93. The Hall–Kier alpha value is -2.33. The van der Waals surface area contributed by atoms with E-state index in [0.29, 0.717) is 14.8 Å². The first-order valence-corrected chi connectivity index (χ1v) is 9.98. The Morgan fingerprint density at radius 2 is 2.11 bits per heavy atom. The Morgan fingerprint density at radius 1 is 1.33 bits per heavy atom. The van der Waals surface area contributed by atoms with Crippen LogP contribution in [0.15, 0.2) is 33.8 Å². The molecule has 0 radical (unpaired) electrons. The second kappa shape index (κ2) is 7.35. The van der Waals surface area contributed by atoms with Crippen LogP contribution in [0, 0.1) is 5.82 Å². The number of anilines is 2. The predicted molar refractivity (Wildman–Crippen MR) is 106 cm³/mol. The number of nitrogens with zero attached hydrogens (tertiary/aromatic N) is 4. The fraction of sp³-hybridized carbons (Fsp3) is 0.294. The summed E-state index contributed by atoms with van der Waals surface area (Å²) in [4.78, 5) is 35.7. The minimum atomic E-state index is -0.559. The molecule has 0 aliphatic carbocycles. The van der Waals surface area contributed by atoms with Crippen LogP contribution in [0.1, 0.15) is 12.8 Å². The Bertz CT molecular complexity index is 1080. The summed E-state index contributed by atoms with van der Waals surface area (Å²) in [5.41, 5.74) is 0.122. The number of nitrogens with one attached hydrogen (secondary N) is 1. The SMILES string of the molecule is O=C(Cn1cnc2nc(N3CCCC3)sc2c1=O)Nc1ccc(Br)cc1F. The maximum atomic E-state index is 13.9. The van der Waals surface area contributed by atoms with E-state index in [2.05, 4.69) is 36.1 Å². The number of thiazole rings is 1. The van der Waals surface area contributed by atoms with Gasteiger partial charge in [-0.15, -0.1) is 0 Å². The number of hydrogen-bond donors (Lipinski definition) is 1. The monoisotopic (exact) mass is 451 g/mol. The van der Waals surface area contributed by atoms with Gasteiger partial charge < -0.3 is 10.2 Å². The molecule has 0 unspecified atom stereocenters. The minimum Gasteiger partial charge on any atom is -0.348 e. The quantitative estimate of drug-likeness (QED) is 0.659. The molecule has 1 N–H and O–H groups in total. The van der Waals surface area contributed by atoms with Gasteiger partial charge in [0, 0.05) is 17.6 Å². The third kappa shape index (κ3) is 3.72. The van der Waals surface area contributed by atoms with Crippen LogP contribution in [0.4, 0.5) is 15.2 Å². The lowest BCUT2D eigenvalue weighted by Crippen LogP contribution is -2.27. The van der Waals surface area contributed by atoms with Crippen LogP contribution >= 0.6 is 27.3 Å². The summed E-state index contributed by atoms with van der Waals surface area (Å²) >= 11 is 4.45. The number of aromatic nitrogens is 3. The van der Waals surface area contributed by atoms with Gasteiger partial charge in [0.2, 0.25) is 5.91 Å². The lowest BCUT2D eigenvalue weighted by Gasteiger charge is -2.11. The average molecular weight is 452 g/mol. The van der Waals surface area contributed by atoms with E-state index in [9.17, 15) is 14.0 Å². The predicted octanol–water partition coefficient (Wildman–Crippen LogP) is 2.99. The van der Waals surface area contributed by atoms with Crippen LogP contribution in [-0.2, 0) is 11.3 Å². The summed E-state index contributed by atoms with van der Waals surface area (Å²) in [6, 6.07) is 4.33. The highest BCUT2D eigenvalue weighted by atomic mass is 79.9. The van der Waals surface area contributed by atoms with Gasteiger partial charge in [0.1, 0.15) is 23.4 Å². The molecule has 2 aromatic heterocycles. The molecule has 1 fully saturated rings. The molecule has 1 aromatic carbocycles. The molecular weight excluding hydrogens is 437 g/mol. The van der Waals surface area contributed by atoms with Crippen molar-refractivity contribution in [2.45, 2.75) is 19.4 Å². The van der Waals surface area contributed by atoms with Crippen LogP contribution in [0.2, 0.25) is 0 Å². The van der Waals surface area contributed by atoms with Crippen molar-refractivity contribution in [1.29, 1.82) is 0 Å². The summed E-state index contributed by atoms with van der Waals surface area (Å²) in [5.74, 6) is -1.07. The molecule has 27 heavy (non-hydrogen) atoms. The number of rotatable bonds is 4. The van der Waals surface area contributed by atoms with Crippen LogP contribution < -0.4 is 15.8 Å². The highest BCUT2D eigenvalue weighted by molar-refractivity contribution is 9.10. The van der Waals surface area contributed by atoms with E-state index in [4.69, 9.17) is 0 Å². The molecule has 4 rings (SSSR count). The van der Waals surface area contributed by atoms with E-state index in [1.165, 1.54) is 34.4 Å². The Kier molecular flexibility index (Phi) is 4.92. The van der Waals surface area contributed by atoms with Crippen molar-refractivity contribution in [2.24, 2.45) is 0 Å². The molecule has 1 aliphatic rings. The largest absolute Gasteiger partial charge is 0.348 e. The van der Waals surface area contributed by atoms with Gasteiger partial charge in [-0.1, -0.05) is 27.3 Å². The first-order chi connectivity index (χ1) is 13.0. The third-order valence-electron chi connectivity index (χ3n) is 4.27. The van der Waals surface area contributed by atoms with Crippen LogP contribution in [0.25, 0.3) is 10.3 Å². The van der Waals surface area contributed by atoms with Crippen molar-refractivity contribution in [3.05, 3.63) is 45.2 Å². The van der Waals surface area contributed by atoms with Gasteiger partial charge in [-0.25, -0.2) is 9.37 Å². The van der Waals surface area contributed by atoms with E-state index < -0.39 is 11.7 Å². The molecular formula is C17H15BrFN5O2S. The number of carbonyl (C=O) groups excluding carboxylic acids is 1. The number of fused-ring (bicyclic) bond motifs is 1. The topological polar surface area (TPSA) is 80.1 Å². The second-order valence-corrected chi connectivity index (χ2v) is 8.09. The normalized spacial score (nSPS) is 14.1. The first-order valence-electron chi connectivity index (χ1n) is 8.37. The van der Waals surface area contributed by atoms with Gasteiger partial charge in [-0.05, 0) is 31.0 Å². The molecule has 0 saturated carbocycles. The Morgan fingerprint density at radius 3 is 2.85 bits per heavy atom. The van der Waals surface area contributed by atoms with Gasteiger partial charge in [-0.2, -0.15) is 4.98 Å². The van der Waals surface area contributed by atoms with Gasteiger partial charge >= 0.3 is 0 Å². The van der Waals surface area contributed by atoms with Gasteiger partial charge in [0.25, 0.3) is 5.56 Å². The third-order valence-corrected chi connectivity index (χ3v) is 5.85. The van der Waals surface area contributed by atoms with Gasteiger partial charge in [-0.3, -0.25) is 14.2 Å². The van der Waals surface area contributed by atoms with E-state index in [0.717, 1.165) is 31.1 Å². The van der Waals surface area contributed by atoms with E-state index in [-0.39, 0.29) is 17.8 Å². The zero-order valence-electron chi connectivity index (χ0n) is 14.1. The number of carbonyl (C=O) groups is 1. The molecule has 1 amide bonds. The molecule has 0 bridgehead atoms. The molecule has 3 heterocycles. The maximum absolute atomic E-state index is 13.9. The summed E-state index contributed by atoms with van der Waals surface area (Å²) in [6.45, 7) is 1.60. The number of amides is 1. The smallest absolute Gasteiger partial charge is 0.273 e. The molecule has 0 spiro atoms. The van der Waals surface area contributed by atoms with Crippen molar-refractivity contribution in [3.63, 3.8) is 0 Å². The molecule has 10 heteroatoms. The Balaban J connectivity index is 1.55. The lowest BCUT2D eigenvalue weighted by atomic mass is 10.3. The molecule has 3 aromatic rings. The summed E-state index contributed by atoms with van der Waals surface area (Å²) in [5, 5.41) is 3.25. The highest BCUT2D eigenvalue weighted by Gasteiger charge is 2.19. The first kappa shape index (κ1) is 18.1. The average Bonchev–Trinajstić information content (AvgIpc) is 3.29. The fourth-order valence-corrected chi connectivity index (χ4v) is 4.28. The number of halogens is 2. The van der Waals surface area contributed by atoms with Gasteiger partial charge in [0.05, 0.1) is 5.69 Å². The maximum Gasteiger partial charge on any atom is 0.273 e. The van der Waals surface area contributed by atoms with Crippen LogP contribution in [0.3, 0.4) is 0 Å². The minimum absolute atomic E-state index is 0.0550. The summed E-state index contributed by atoms with van der Waals surface area (Å²) in [6.07, 6.45) is 3.52. The standard InChI is InChI=1S/C17H15BrFN5O2S/c18-10-3-4-12(11(19)7-10)21-13(25)8-24-9-20-15-14(16(24)26)27-17(22-15)23-5-1-2-6-23/h3-4,7,9H,1-2,5-6,8H2,(H,21,25). The van der Waals surface area contributed by atoms with Gasteiger partial charge in [0.15, 0.2) is 10.8 Å². The van der Waals surface area contributed by atoms with E-state index in [1.54, 1.807) is 6.07 Å². The van der Waals surface area contributed by atoms with Crippen molar-refractivity contribution in [1.82, 2.24) is 14.5 Å². The number of benzene rings is 1. The molecule has 140 valence electrons. The molecule has 1 aliphatic heterocycles. The van der Waals surface area contributed by atoms with Crippen molar-refractivity contribution < 1.29 is 9.18 Å². The summed E-state index contributed by atoms with van der Waals surface area (Å²) < 4.78 is 16.1. The van der Waals surface area contributed by atoms with E-state index in [1.807, 2.05) is 0 Å². The van der Waals surface area contributed by atoms with Crippen molar-refractivity contribution in [2.75, 3.05) is 23.3 Å². The Labute approximate surface area is 166 Å². The van der Waals surface area contributed by atoms with E-state index >= 15 is 0 Å². The molecule has 0 atom stereocenters. The number of hydrogen-bond acceptors (Lipinski definition) is 6. The van der Waals surface area contributed by atoms with Crippen molar-refractivity contribution >= 4 is 54.3 Å². The second-order valence-electron chi connectivity index (χ2n) is 6.19. The van der Waals surface area contributed by atoms with Crippen LogP contribution in [-0.4, -0.2) is 33.5 Å². The lowest BCUT2D eigenvalue weighted by molar-refractivity contribution is -0.116. The highest BCUT2D eigenvalue weighted by Crippen LogP contribution is 2.27. The van der Waals surface area contributed by atoms with Crippen molar-refractivity contribution in [3.8, 4) is 0 Å². The van der Waals surface area contributed by atoms with Crippen LogP contribution in [0.5, 0.6) is 0 Å². The molecule has 7 nitrogen and oxygen atoms in total. The zero-order valence-corrected chi connectivity index (χ0v) is 16.5.